The zero-order chi connectivity index (χ0) is 23.3. The number of ether oxygens (including phenoxy) is 1. The van der Waals surface area contributed by atoms with Crippen molar-refractivity contribution >= 4 is 29.3 Å². The topological polar surface area (TPSA) is 96.0 Å². The van der Waals surface area contributed by atoms with E-state index >= 15 is 0 Å². The lowest BCUT2D eigenvalue weighted by molar-refractivity contribution is -0.132. The Balaban J connectivity index is 1.94. The van der Waals surface area contributed by atoms with E-state index < -0.39 is 23.8 Å². The molecule has 0 bridgehead atoms. The smallest absolute Gasteiger partial charge is 0.273 e. The fraction of sp³-hybridized carbons (Fsp3) is 0.333. The minimum absolute atomic E-state index is 0.223. The second kappa shape index (κ2) is 10.1. The van der Waals surface area contributed by atoms with E-state index in [0.717, 1.165) is 9.91 Å². The number of hydrogen-bond acceptors (Lipinski definition) is 5. The van der Waals surface area contributed by atoms with Crippen molar-refractivity contribution in [1.29, 1.82) is 0 Å². The van der Waals surface area contributed by atoms with Gasteiger partial charge in [-0.15, -0.1) is 0 Å². The average Bonchev–Trinajstić information content (AvgIpc) is 3.11. The Bertz CT molecular complexity index is 986. The molecule has 2 aromatic carbocycles. The molecule has 1 heterocycles. The third kappa shape index (κ3) is 4.64. The second-order valence-corrected chi connectivity index (χ2v) is 7.52. The first-order chi connectivity index (χ1) is 15.4. The predicted octanol–water partition coefficient (Wildman–Crippen LogP) is 2.94. The fourth-order valence-electron chi connectivity index (χ4n) is 3.68. The number of imide groups is 1. The van der Waals surface area contributed by atoms with Gasteiger partial charge < -0.3 is 4.74 Å². The maximum Gasteiger partial charge on any atom is 0.273 e. The predicted molar refractivity (Wildman–Crippen MR) is 119 cm³/mol. The van der Waals surface area contributed by atoms with Crippen molar-refractivity contribution in [3.05, 3.63) is 60.2 Å². The Morgan fingerprint density at radius 1 is 1.06 bits per heavy atom. The van der Waals surface area contributed by atoms with Crippen LogP contribution in [0.5, 0.6) is 5.75 Å². The minimum Gasteiger partial charge on any atom is -0.497 e. The number of nitrogens with one attached hydrogen (secondary N) is 1. The Hall–Kier alpha value is -3.68. The summed E-state index contributed by atoms with van der Waals surface area (Å²) in [6, 6.07) is 13.7. The lowest BCUT2D eigenvalue weighted by Gasteiger charge is -2.29. The highest BCUT2D eigenvalue weighted by Gasteiger charge is 2.45. The van der Waals surface area contributed by atoms with Crippen LogP contribution in [0, 0.1) is 5.92 Å². The zero-order valence-electron chi connectivity index (χ0n) is 18.4. The number of hydrogen-bond donors (Lipinski definition) is 1. The molecule has 1 aliphatic heterocycles. The number of benzene rings is 2. The Morgan fingerprint density at radius 3 is 2.25 bits per heavy atom. The number of hydrazine groups is 1. The van der Waals surface area contributed by atoms with Crippen LogP contribution in [-0.4, -0.2) is 41.8 Å². The van der Waals surface area contributed by atoms with Gasteiger partial charge in [0, 0.05) is 11.5 Å². The van der Waals surface area contributed by atoms with Crippen molar-refractivity contribution in [2.75, 3.05) is 12.0 Å². The SMILES string of the molecule is CCC(CC)C(=O)NN(C(=O)c1ccc(OC)cc1)C1CC(=O)N(c2ccccc2)C1=O. The first-order valence-electron chi connectivity index (χ1n) is 10.6. The van der Waals surface area contributed by atoms with Crippen LogP contribution in [0.25, 0.3) is 0 Å². The number of amides is 4. The van der Waals surface area contributed by atoms with E-state index in [9.17, 15) is 19.2 Å². The van der Waals surface area contributed by atoms with Crippen molar-refractivity contribution in [2.24, 2.45) is 5.92 Å². The van der Waals surface area contributed by atoms with Crippen LogP contribution in [0.15, 0.2) is 54.6 Å². The molecular weight excluding hydrogens is 410 g/mol. The van der Waals surface area contributed by atoms with Gasteiger partial charge in [-0.3, -0.25) is 24.6 Å². The molecule has 8 heteroatoms. The molecule has 0 saturated carbocycles. The van der Waals surface area contributed by atoms with Crippen LogP contribution >= 0.6 is 0 Å². The van der Waals surface area contributed by atoms with Crippen LogP contribution in [-0.2, 0) is 14.4 Å². The van der Waals surface area contributed by atoms with Gasteiger partial charge in [0.15, 0.2) is 0 Å². The Kier molecular flexibility index (Phi) is 7.25. The third-order valence-corrected chi connectivity index (χ3v) is 5.59. The van der Waals surface area contributed by atoms with Gasteiger partial charge in [0.05, 0.1) is 19.2 Å². The summed E-state index contributed by atoms with van der Waals surface area (Å²) in [6.07, 6.45) is 0.944. The molecule has 1 aliphatic rings. The number of nitrogens with zero attached hydrogens (tertiary/aromatic N) is 2. The summed E-state index contributed by atoms with van der Waals surface area (Å²) < 4.78 is 5.13. The third-order valence-electron chi connectivity index (χ3n) is 5.59. The summed E-state index contributed by atoms with van der Waals surface area (Å²) in [7, 11) is 1.51. The molecule has 4 amide bonds. The van der Waals surface area contributed by atoms with Crippen LogP contribution in [0.4, 0.5) is 5.69 Å². The molecule has 3 rings (SSSR count). The molecule has 2 aromatic rings. The minimum atomic E-state index is -1.14. The molecule has 32 heavy (non-hydrogen) atoms. The summed E-state index contributed by atoms with van der Waals surface area (Å²) in [4.78, 5) is 53.2. The fourth-order valence-corrected chi connectivity index (χ4v) is 3.68. The molecule has 0 aliphatic carbocycles. The van der Waals surface area contributed by atoms with E-state index in [1.54, 1.807) is 54.6 Å². The maximum atomic E-state index is 13.4. The van der Waals surface area contributed by atoms with Crippen molar-refractivity contribution in [2.45, 2.75) is 39.2 Å². The lowest BCUT2D eigenvalue weighted by Crippen LogP contribution is -2.55. The van der Waals surface area contributed by atoms with E-state index in [4.69, 9.17) is 4.74 Å². The summed E-state index contributed by atoms with van der Waals surface area (Å²) in [5.74, 6) is -1.69. The van der Waals surface area contributed by atoms with Gasteiger partial charge in [-0.2, -0.15) is 0 Å². The largest absolute Gasteiger partial charge is 0.497 e. The molecule has 8 nitrogen and oxygen atoms in total. The molecule has 1 fully saturated rings. The molecule has 1 saturated heterocycles. The maximum absolute atomic E-state index is 13.4. The van der Waals surface area contributed by atoms with E-state index in [1.165, 1.54) is 7.11 Å². The average molecular weight is 437 g/mol. The van der Waals surface area contributed by atoms with Crippen LogP contribution < -0.4 is 15.1 Å². The Morgan fingerprint density at radius 2 is 1.69 bits per heavy atom. The summed E-state index contributed by atoms with van der Waals surface area (Å²) in [5, 5.41) is 1.01. The number of methoxy groups -OCH3 is 1. The van der Waals surface area contributed by atoms with Crippen LogP contribution in [0.3, 0.4) is 0 Å². The quantitative estimate of drug-likeness (QED) is 0.531. The van der Waals surface area contributed by atoms with Crippen molar-refractivity contribution in [1.82, 2.24) is 10.4 Å². The number of para-hydroxylation sites is 1. The number of anilines is 1. The molecule has 1 atom stereocenters. The zero-order valence-corrected chi connectivity index (χ0v) is 18.4. The number of carbonyl (C=O) groups is 4. The monoisotopic (exact) mass is 437 g/mol. The molecule has 0 spiro atoms. The van der Waals surface area contributed by atoms with Gasteiger partial charge in [0.25, 0.3) is 11.8 Å². The standard InChI is InChI=1S/C24H27N3O5/c1-4-16(5-2)22(29)25-27(23(30)17-11-13-19(32-3)14-12-17)20-15-21(28)26(24(20)31)18-9-7-6-8-10-18/h6-14,16,20H,4-5,15H2,1-3H3,(H,25,29). The second-order valence-electron chi connectivity index (χ2n) is 7.52. The normalized spacial score (nSPS) is 15.8. The molecule has 0 radical (unpaired) electrons. The van der Waals surface area contributed by atoms with Crippen LogP contribution in [0.2, 0.25) is 0 Å². The van der Waals surface area contributed by atoms with Gasteiger partial charge >= 0.3 is 0 Å². The molecule has 168 valence electrons. The van der Waals surface area contributed by atoms with Crippen molar-refractivity contribution in [3.63, 3.8) is 0 Å². The highest BCUT2D eigenvalue weighted by molar-refractivity contribution is 6.23. The number of rotatable bonds is 7. The lowest BCUT2D eigenvalue weighted by atomic mass is 10.0. The van der Waals surface area contributed by atoms with Crippen molar-refractivity contribution < 1.29 is 23.9 Å². The van der Waals surface area contributed by atoms with E-state index in [1.807, 2.05) is 13.8 Å². The first-order valence-corrected chi connectivity index (χ1v) is 10.6. The summed E-state index contributed by atoms with van der Waals surface area (Å²) in [5.41, 5.74) is 3.31. The van der Waals surface area contributed by atoms with Gasteiger partial charge in [-0.25, -0.2) is 9.91 Å². The first kappa shape index (κ1) is 23.0. The molecular formula is C24H27N3O5. The van der Waals surface area contributed by atoms with Crippen molar-refractivity contribution in [3.8, 4) is 5.75 Å². The van der Waals surface area contributed by atoms with Gasteiger partial charge in [-0.05, 0) is 49.2 Å². The molecule has 1 unspecified atom stereocenters. The molecule has 0 aromatic heterocycles. The Labute approximate surface area is 187 Å². The summed E-state index contributed by atoms with van der Waals surface area (Å²) in [6.45, 7) is 3.76. The highest BCUT2D eigenvalue weighted by Crippen LogP contribution is 2.26. The van der Waals surface area contributed by atoms with Gasteiger partial charge in [-0.1, -0.05) is 32.0 Å². The highest BCUT2D eigenvalue weighted by atomic mass is 16.5. The van der Waals surface area contributed by atoms with Crippen LogP contribution in [0.1, 0.15) is 43.5 Å². The van der Waals surface area contributed by atoms with E-state index in [-0.39, 0.29) is 23.8 Å². The van der Waals surface area contributed by atoms with Gasteiger partial charge in [0.1, 0.15) is 11.8 Å². The molecule has 1 N–H and O–H groups in total. The van der Waals surface area contributed by atoms with E-state index in [0.29, 0.717) is 24.3 Å². The van der Waals surface area contributed by atoms with Gasteiger partial charge in [0.2, 0.25) is 11.8 Å². The number of carbonyl (C=O) groups excluding carboxylic acids is 4. The van der Waals surface area contributed by atoms with E-state index in [2.05, 4.69) is 5.43 Å². The summed E-state index contributed by atoms with van der Waals surface area (Å²) >= 11 is 0.